The van der Waals surface area contributed by atoms with Crippen molar-refractivity contribution in [3.8, 4) is 11.5 Å². The van der Waals surface area contributed by atoms with Gasteiger partial charge in [-0.3, -0.25) is 14.5 Å². The number of rotatable bonds is 9. The van der Waals surface area contributed by atoms with Crippen molar-refractivity contribution in [3.05, 3.63) is 59.0 Å². The number of carbonyl (C=O) groups is 2. The maximum absolute atomic E-state index is 12.7. The molecular weight excluding hydrogens is 432 g/mol. The predicted octanol–water partition coefficient (Wildman–Crippen LogP) is 4.80. The molecule has 2 amide bonds. The highest BCUT2D eigenvalue weighted by Gasteiger charge is 2.31. The third kappa shape index (κ3) is 6.32. The van der Waals surface area contributed by atoms with E-state index in [1.54, 1.807) is 30.2 Å². The molecule has 1 heterocycles. The fraction of sp³-hybridized carbons (Fsp3) is 0.261. The number of thiocarbonyl (C=S) groups is 1. The zero-order valence-electron chi connectivity index (χ0n) is 17.2. The van der Waals surface area contributed by atoms with Crippen LogP contribution in [-0.2, 0) is 9.59 Å². The molecule has 0 aromatic heterocycles. The number of nitrogens with zero attached hydrogens (tertiary/aromatic N) is 1. The number of amides is 2. The van der Waals surface area contributed by atoms with Gasteiger partial charge in [0.05, 0.1) is 17.7 Å². The Hall–Kier alpha value is -2.84. The van der Waals surface area contributed by atoms with Crippen LogP contribution in [0.2, 0.25) is 0 Å². The van der Waals surface area contributed by atoms with Crippen molar-refractivity contribution in [1.82, 2.24) is 4.90 Å². The first-order valence-corrected chi connectivity index (χ1v) is 11.2. The number of methoxy groups -OCH3 is 1. The molecule has 2 N–H and O–H groups in total. The lowest BCUT2D eigenvalue weighted by Gasteiger charge is -2.14. The zero-order chi connectivity index (χ0) is 22.2. The van der Waals surface area contributed by atoms with E-state index in [1.165, 1.54) is 17.8 Å². The van der Waals surface area contributed by atoms with Crippen molar-refractivity contribution >= 4 is 51.9 Å². The van der Waals surface area contributed by atoms with E-state index < -0.39 is 0 Å². The first-order chi connectivity index (χ1) is 15.0. The highest BCUT2D eigenvalue weighted by Crippen LogP contribution is 2.33. The van der Waals surface area contributed by atoms with Gasteiger partial charge in [0.1, 0.15) is 15.8 Å². The number of carbonyl (C=O) groups excluding carboxylic acids is 2. The van der Waals surface area contributed by atoms with E-state index in [-0.39, 0.29) is 17.6 Å². The van der Waals surface area contributed by atoms with Crippen molar-refractivity contribution in [3.63, 3.8) is 0 Å². The minimum Gasteiger partial charge on any atom is -0.506 e. The maximum Gasteiger partial charge on any atom is 0.266 e. The largest absolute Gasteiger partial charge is 0.506 e. The molecule has 0 radical (unpaired) electrons. The number of hydrogen-bond donors (Lipinski definition) is 2. The fourth-order valence-corrected chi connectivity index (χ4v) is 4.38. The maximum atomic E-state index is 12.7. The van der Waals surface area contributed by atoms with Crippen molar-refractivity contribution in [1.29, 1.82) is 0 Å². The summed E-state index contributed by atoms with van der Waals surface area (Å²) in [4.78, 5) is 26.9. The van der Waals surface area contributed by atoms with Gasteiger partial charge >= 0.3 is 0 Å². The van der Waals surface area contributed by atoms with E-state index in [0.717, 1.165) is 24.2 Å². The van der Waals surface area contributed by atoms with Gasteiger partial charge in [0.15, 0.2) is 0 Å². The summed E-state index contributed by atoms with van der Waals surface area (Å²) in [6.45, 7) is 0.533. The number of aromatic hydroxyl groups is 1. The number of ether oxygens (including phenoxy) is 1. The lowest BCUT2D eigenvalue weighted by Crippen LogP contribution is -2.29. The zero-order valence-corrected chi connectivity index (χ0v) is 18.8. The van der Waals surface area contributed by atoms with E-state index in [1.807, 2.05) is 30.3 Å². The molecule has 1 aliphatic rings. The number of nitrogens with one attached hydrogen (secondary N) is 1. The van der Waals surface area contributed by atoms with E-state index in [2.05, 4.69) is 5.32 Å². The predicted molar refractivity (Wildman–Crippen MR) is 128 cm³/mol. The van der Waals surface area contributed by atoms with Gasteiger partial charge in [0.25, 0.3) is 5.91 Å². The van der Waals surface area contributed by atoms with E-state index in [9.17, 15) is 14.7 Å². The molecule has 0 saturated carbocycles. The van der Waals surface area contributed by atoms with Crippen LogP contribution in [0.1, 0.15) is 31.2 Å². The SMILES string of the molecule is COc1ccc(/C=C2\SC(=S)N(CCCCCC(=O)Nc3ccccc3O)C2=O)cc1. The van der Waals surface area contributed by atoms with Crippen LogP contribution in [0.15, 0.2) is 53.4 Å². The van der Waals surface area contributed by atoms with Gasteiger partial charge in [-0.05, 0) is 48.7 Å². The normalized spacial score (nSPS) is 14.9. The minimum atomic E-state index is -0.144. The van der Waals surface area contributed by atoms with Crippen molar-refractivity contribution in [2.45, 2.75) is 25.7 Å². The average molecular weight is 457 g/mol. The monoisotopic (exact) mass is 456 g/mol. The van der Waals surface area contributed by atoms with E-state index in [0.29, 0.717) is 34.3 Å². The van der Waals surface area contributed by atoms with Crippen LogP contribution in [0.25, 0.3) is 6.08 Å². The Morgan fingerprint density at radius 1 is 1.16 bits per heavy atom. The second kappa shape index (κ2) is 11.0. The summed E-state index contributed by atoms with van der Waals surface area (Å²) < 4.78 is 5.71. The summed E-state index contributed by atoms with van der Waals surface area (Å²) >= 11 is 6.68. The van der Waals surface area contributed by atoms with Crippen molar-refractivity contribution < 1.29 is 19.4 Å². The highest BCUT2D eigenvalue weighted by molar-refractivity contribution is 8.26. The smallest absolute Gasteiger partial charge is 0.266 e. The van der Waals surface area contributed by atoms with Gasteiger partial charge in [-0.25, -0.2) is 0 Å². The lowest BCUT2D eigenvalue weighted by atomic mass is 10.1. The molecule has 1 fully saturated rings. The van der Waals surface area contributed by atoms with Crippen LogP contribution in [0.3, 0.4) is 0 Å². The number of phenolic OH excluding ortho intramolecular Hbond substituents is 1. The number of thioether (sulfide) groups is 1. The first-order valence-electron chi connectivity index (χ1n) is 9.95. The molecule has 6 nitrogen and oxygen atoms in total. The van der Waals surface area contributed by atoms with Gasteiger partial charge in [0.2, 0.25) is 5.91 Å². The highest BCUT2D eigenvalue weighted by atomic mass is 32.2. The molecule has 162 valence electrons. The molecule has 2 aromatic rings. The quantitative estimate of drug-likeness (QED) is 0.244. The molecule has 0 bridgehead atoms. The van der Waals surface area contributed by atoms with Gasteiger partial charge in [-0.1, -0.05) is 54.7 Å². The third-order valence-electron chi connectivity index (χ3n) is 4.75. The van der Waals surface area contributed by atoms with Crippen LogP contribution >= 0.6 is 24.0 Å². The summed E-state index contributed by atoms with van der Waals surface area (Å²) in [6, 6.07) is 14.1. The van der Waals surface area contributed by atoms with E-state index >= 15 is 0 Å². The van der Waals surface area contributed by atoms with Crippen LogP contribution in [0.5, 0.6) is 11.5 Å². The Bertz CT molecular complexity index is 989. The molecule has 2 aromatic carbocycles. The second-order valence-corrected chi connectivity index (χ2v) is 8.66. The van der Waals surface area contributed by atoms with Crippen LogP contribution in [-0.4, -0.2) is 39.8 Å². The van der Waals surface area contributed by atoms with Crippen LogP contribution < -0.4 is 10.1 Å². The Balaban J connectivity index is 1.42. The van der Waals surface area contributed by atoms with Gasteiger partial charge in [-0.2, -0.15) is 0 Å². The standard InChI is InChI=1S/C23H24N2O4S2/c1-29-17-12-10-16(11-13-17)15-20-22(28)25(23(30)31-20)14-6-2-3-9-21(27)24-18-7-4-5-8-19(18)26/h4-5,7-8,10-13,15,26H,2-3,6,9,14H2,1H3,(H,24,27)/b20-15-. The van der Waals surface area contributed by atoms with Crippen LogP contribution in [0, 0.1) is 0 Å². The summed E-state index contributed by atoms with van der Waals surface area (Å²) in [7, 11) is 1.61. The van der Waals surface area contributed by atoms with Gasteiger partial charge in [0, 0.05) is 13.0 Å². The summed E-state index contributed by atoms with van der Waals surface area (Å²) in [5, 5.41) is 12.4. The van der Waals surface area contributed by atoms with Gasteiger partial charge in [-0.15, -0.1) is 0 Å². The first kappa shape index (κ1) is 22.8. The number of phenols is 1. The number of hydrogen-bond acceptors (Lipinski definition) is 6. The molecule has 0 spiro atoms. The molecule has 1 saturated heterocycles. The van der Waals surface area contributed by atoms with Crippen molar-refractivity contribution in [2.75, 3.05) is 19.0 Å². The Morgan fingerprint density at radius 3 is 2.61 bits per heavy atom. The average Bonchev–Trinajstić information content (AvgIpc) is 3.03. The summed E-state index contributed by atoms with van der Waals surface area (Å²) in [5.74, 6) is 0.588. The second-order valence-electron chi connectivity index (χ2n) is 6.98. The Labute approximate surface area is 191 Å². The summed E-state index contributed by atoms with van der Waals surface area (Å²) in [5.41, 5.74) is 1.32. The lowest BCUT2D eigenvalue weighted by molar-refractivity contribution is -0.122. The van der Waals surface area contributed by atoms with Crippen molar-refractivity contribution in [2.24, 2.45) is 0 Å². The van der Waals surface area contributed by atoms with Gasteiger partial charge < -0.3 is 15.2 Å². The molecule has 0 unspecified atom stereocenters. The summed E-state index contributed by atoms with van der Waals surface area (Å²) in [6.07, 6.45) is 4.43. The van der Waals surface area contributed by atoms with E-state index in [4.69, 9.17) is 17.0 Å². The molecule has 8 heteroatoms. The van der Waals surface area contributed by atoms with Crippen LogP contribution in [0.4, 0.5) is 5.69 Å². The molecule has 31 heavy (non-hydrogen) atoms. The number of unbranched alkanes of at least 4 members (excludes halogenated alkanes) is 2. The minimum absolute atomic E-state index is 0.0490. The number of benzene rings is 2. The molecule has 3 rings (SSSR count). The molecule has 0 atom stereocenters. The Morgan fingerprint density at radius 2 is 1.90 bits per heavy atom. The molecule has 1 aliphatic heterocycles. The topological polar surface area (TPSA) is 78.9 Å². The third-order valence-corrected chi connectivity index (χ3v) is 6.13. The fourth-order valence-electron chi connectivity index (χ4n) is 3.07. The molecule has 0 aliphatic carbocycles. The number of para-hydroxylation sites is 2. The molecular formula is C23H24N2O4S2. The number of anilines is 1. The Kier molecular flexibility index (Phi) is 8.08.